The van der Waals surface area contributed by atoms with Gasteiger partial charge in [0.1, 0.15) is 0 Å². The Bertz CT molecular complexity index is 425. The Hall–Kier alpha value is -0.870. The quantitative estimate of drug-likeness (QED) is 0.737. The topological polar surface area (TPSA) is 30.5 Å². The normalized spacial score (nSPS) is 13.0. The van der Waals surface area contributed by atoms with Crippen molar-refractivity contribution in [3.8, 4) is 11.5 Å². The molecule has 0 aliphatic carbocycles. The van der Waals surface area contributed by atoms with E-state index in [2.05, 4.69) is 44.5 Å². The summed E-state index contributed by atoms with van der Waals surface area (Å²) in [4.78, 5) is 0. The standard InChI is InChI=1S/C17H29NO2S/c1-7-17(8-2,21-6)12-18-13(3)14-9-10-15(19-4)16(11-14)20-5/h9-11,13,18H,7-8,12H2,1-6H3. The lowest BCUT2D eigenvalue weighted by atomic mass is 10.0. The first-order valence-electron chi connectivity index (χ1n) is 7.56. The molecule has 1 aromatic carbocycles. The number of thioether (sulfide) groups is 1. The van der Waals surface area contributed by atoms with E-state index in [-0.39, 0.29) is 6.04 Å². The lowest BCUT2D eigenvalue weighted by Crippen LogP contribution is -2.37. The zero-order chi connectivity index (χ0) is 15.9. The van der Waals surface area contributed by atoms with E-state index in [1.165, 1.54) is 18.4 Å². The Morgan fingerprint density at radius 3 is 2.24 bits per heavy atom. The van der Waals surface area contributed by atoms with Gasteiger partial charge in [0.05, 0.1) is 14.2 Å². The molecule has 0 saturated heterocycles. The molecule has 3 nitrogen and oxygen atoms in total. The fourth-order valence-electron chi connectivity index (χ4n) is 2.44. The highest BCUT2D eigenvalue weighted by molar-refractivity contribution is 8.00. The van der Waals surface area contributed by atoms with Crippen molar-refractivity contribution in [2.75, 3.05) is 27.0 Å². The maximum absolute atomic E-state index is 5.38. The summed E-state index contributed by atoms with van der Waals surface area (Å²) in [5, 5.41) is 3.66. The summed E-state index contributed by atoms with van der Waals surface area (Å²) in [5.74, 6) is 1.56. The van der Waals surface area contributed by atoms with Crippen LogP contribution in [0.25, 0.3) is 0 Å². The Morgan fingerprint density at radius 2 is 1.76 bits per heavy atom. The number of methoxy groups -OCH3 is 2. The molecule has 0 heterocycles. The average Bonchev–Trinajstić information content (AvgIpc) is 2.55. The van der Waals surface area contributed by atoms with E-state index < -0.39 is 0 Å². The average molecular weight is 311 g/mol. The van der Waals surface area contributed by atoms with Gasteiger partial charge in [0.25, 0.3) is 0 Å². The molecule has 0 spiro atoms. The van der Waals surface area contributed by atoms with Crippen LogP contribution in [-0.2, 0) is 0 Å². The maximum atomic E-state index is 5.38. The van der Waals surface area contributed by atoms with Crippen molar-refractivity contribution in [2.45, 2.75) is 44.4 Å². The number of hydrogen-bond acceptors (Lipinski definition) is 4. The summed E-state index contributed by atoms with van der Waals surface area (Å²) in [6.07, 6.45) is 4.56. The fraction of sp³-hybridized carbons (Fsp3) is 0.647. The summed E-state index contributed by atoms with van der Waals surface area (Å²) in [7, 11) is 3.33. The van der Waals surface area contributed by atoms with Crippen LogP contribution in [0.5, 0.6) is 11.5 Å². The monoisotopic (exact) mass is 311 g/mol. The van der Waals surface area contributed by atoms with Gasteiger partial charge in [0.15, 0.2) is 11.5 Å². The molecule has 1 N–H and O–H groups in total. The largest absolute Gasteiger partial charge is 0.493 e. The smallest absolute Gasteiger partial charge is 0.161 e. The highest BCUT2D eigenvalue weighted by Crippen LogP contribution is 2.32. The Morgan fingerprint density at radius 1 is 1.14 bits per heavy atom. The molecule has 0 radical (unpaired) electrons. The van der Waals surface area contributed by atoms with Crippen LogP contribution >= 0.6 is 11.8 Å². The molecule has 120 valence electrons. The Kier molecular flexibility index (Phi) is 7.40. The van der Waals surface area contributed by atoms with Crippen LogP contribution in [-0.4, -0.2) is 31.8 Å². The molecule has 0 saturated carbocycles. The van der Waals surface area contributed by atoms with Gasteiger partial charge in [-0.3, -0.25) is 0 Å². The minimum atomic E-state index is 0.287. The molecule has 21 heavy (non-hydrogen) atoms. The van der Waals surface area contributed by atoms with E-state index in [0.29, 0.717) is 4.75 Å². The van der Waals surface area contributed by atoms with E-state index in [1.807, 2.05) is 17.8 Å². The predicted molar refractivity (Wildman–Crippen MR) is 92.8 cm³/mol. The predicted octanol–water partition coefficient (Wildman–Crippen LogP) is 4.28. The molecule has 0 aliphatic heterocycles. The maximum Gasteiger partial charge on any atom is 0.161 e. The molecule has 1 rings (SSSR count). The summed E-state index contributed by atoms with van der Waals surface area (Å²) in [5.41, 5.74) is 1.22. The minimum Gasteiger partial charge on any atom is -0.493 e. The third-order valence-corrected chi connectivity index (χ3v) is 5.95. The van der Waals surface area contributed by atoms with Gasteiger partial charge in [-0.2, -0.15) is 11.8 Å². The molecular weight excluding hydrogens is 282 g/mol. The van der Waals surface area contributed by atoms with Gasteiger partial charge in [-0.05, 0) is 43.7 Å². The number of rotatable bonds is 9. The number of benzene rings is 1. The highest BCUT2D eigenvalue weighted by Gasteiger charge is 2.25. The molecule has 1 aromatic rings. The second-order valence-corrected chi connectivity index (χ2v) is 6.59. The van der Waals surface area contributed by atoms with Crippen molar-refractivity contribution < 1.29 is 9.47 Å². The summed E-state index contributed by atoms with van der Waals surface area (Å²) < 4.78 is 11.0. The third kappa shape index (κ3) is 4.55. The number of nitrogens with one attached hydrogen (secondary N) is 1. The van der Waals surface area contributed by atoms with Crippen LogP contribution in [0.3, 0.4) is 0 Å². The molecule has 0 aliphatic rings. The molecule has 0 aromatic heterocycles. The van der Waals surface area contributed by atoms with Crippen LogP contribution in [0.2, 0.25) is 0 Å². The summed E-state index contributed by atoms with van der Waals surface area (Å²) in [6, 6.07) is 6.40. The number of hydrogen-bond donors (Lipinski definition) is 1. The first kappa shape index (κ1) is 18.2. The lowest BCUT2D eigenvalue weighted by Gasteiger charge is -2.31. The van der Waals surface area contributed by atoms with E-state index in [4.69, 9.17) is 9.47 Å². The van der Waals surface area contributed by atoms with E-state index in [0.717, 1.165) is 18.0 Å². The van der Waals surface area contributed by atoms with Crippen LogP contribution in [0.15, 0.2) is 18.2 Å². The van der Waals surface area contributed by atoms with E-state index >= 15 is 0 Å². The summed E-state index contributed by atoms with van der Waals surface area (Å²) >= 11 is 1.96. The van der Waals surface area contributed by atoms with Crippen LogP contribution in [0, 0.1) is 0 Å². The Labute approximate surface area is 133 Å². The van der Waals surface area contributed by atoms with Crippen LogP contribution in [0.1, 0.15) is 45.2 Å². The van der Waals surface area contributed by atoms with Gasteiger partial charge in [-0.1, -0.05) is 19.9 Å². The molecular formula is C17H29NO2S. The number of ether oxygens (including phenoxy) is 2. The van der Waals surface area contributed by atoms with Crippen molar-refractivity contribution in [1.82, 2.24) is 5.32 Å². The van der Waals surface area contributed by atoms with Gasteiger partial charge in [0, 0.05) is 17.3 Å². The van der Waals surface area contributed by atoms with E-state index in [9.17, 15) is 0 Å². The SMILES string of the molecule is CCC(CC)(CNC(C)c1ccc(OC)c(OC)c1)SC. The highest BCUT2D eigenvalue weighted by atomic mass is 32.2. The first-order chi connectivity index (χ1) is 10.1. The van der Waals surface area contributed by atoms with E-state index in [1.54, 1.807) is 14.2 Å². The lowest BCUT2D eigenvalue weighted by molar-refractivity contribution is 0.353. The minimum absolute atomic E-state index is 0.287. The first-order valence-corrected chi connectivity index (χ1v) is 8.78. The molecule has 0 fully saturated rings. The molecule has 0 amide bonds. The molecule has 0 bridgehead atoms. The van der Waals surface area contributed by atoms with Gasteiger partial charge in [-0.25, -0.2) is 0 Å². The molecule has 1 unspecified atom stereocenters. The second kappa shape index (κ2) is 8.54. The van der Waals surface area contributed by atoms with Crippen molar-refractivity contribution >= 4 is 11.8 Å². The Balaban J connectivity index is 2.78. The van der Waals surface area contributed by atoms with Crippen molar-refractivity contribution in [3.63, 3.8) is 0 Å². The van der Waals surface area contributed by atoms with Gasteiger partial charge in [-0.15, -0.1) is 0 Å². The van der Waals surface area contributed by atoms with Crippen molar-refractivity contribution in [2.24, 2.45) is 0 Å². The van der Waals surface area contributed by atoms with Gasteiger partial charge in [0.2, 0.25) is 0 Å². The zero-order valence-electron chi connectivity index (χ0n) is 14.2. The van der Waals surface area contributed by atoms with Crippen molar-refractivity contribution in [3.05, 3.63) is 23.8 Å². The van der Waals surface area contributed by atoms with Crippen LogP contribution < -0.4 is 14.8 Å². The fourth-order valence-corrected chi connectivity index (χ4v) is 3.24. The zero-order valence-corrected chi connectivity index (χ0v) is 15.0. The van der Waals surface area contributed by atoms with Crippen LogP contribution in [0.4, 0.5) is 0 Å². The molecule has 1 atom stereocenters. The van der Waals surface area contributed by atoms with Crippen molar-refractivity contribution in [1.29, 1.82) is 0 Å². The molecule has 4 heteroatoms. The van der Waals surface area contributed by atoms with Gasteiger partial charge >= 0.3 is 0 Å². The third-order valence-electron chi connectivity index (χ3n) is 4.36. The summed E-state index contributed by atoms with van der Waals surface area (Å²) in [6.45, 7) is 7.74. The van der Waals surface area contributed by atoms with Gasteiger partial charge < -0.3 is 14.8 Å². The second-order valence-electron chi connectivity index (χ2n) is 5.31.